The fraction of sp³-hybridized carbons (Fsp3) is 0.524. The Hall–Kier alpha value is -2.17. The van der Waals surface area contributed by atoms with Gasteiger partial charge in [-0.1, -0.05) is 30.3 Å². The summed E-state index contributed by atoms with van der Waals surface area (Å²) in [5.74, 6) is 1.77. The van der Waals surface area contributed by atoms with Crippen LogP contribution in [-0.4, -0.2) is 29.1 Å². The van der Waals surface area contributed by atoms with E-state index in [1.165, 1.54) is 18.1 Å². The largest absolute Gasteiger partial charge is 0.361 e. The molecule has 0 unspecified atom stereocenters. The number of carbonyl (C=O) groups is 1. The van der Waals surface area contributed by atoms with E-state index in [0.717, 1.165) is 37.1 Å². The van der Waals surface area contributed by atoms with Crippen molar-refractivity contribution >= 4 is 5.91 Å². The van der Waals surface area contributed by atoms with Crippen molar-refractivity contribution < 1.29 is 13.7 Å². The van der Waals surface area contributed by atoms with E-state index < -0.39 is 0 Å². The van der Waals surface area contributed by atoms with Crippen LogP contribution in [0.2, 0.25) is 0 Å². The Labute approximate surface area is 153 Å². The lowest BCUT2D eigenvalue weighted by molar-refractivity contribution is -0.131. The molecule has 2 heterocycles. The number of hydrogen-bond donors (Lipinski definition) is 0. The first kappa shape index (κ1) is 17.3. The Balaban J connectivity index is 1.38. The lowest BCUT2D eigenvalue weighted by Gasteiger charge is -2.31. The van der Waals surface area contributed by atoms with Crippen LogP contribution in [0.25, 0.3) is 0 Å². The Bertz CT molecular complexity index is 793. The normalized spacial score (nSPS) is 20.8. The lowest BCUT2D eigenvalue weighted by Crippen LogP contribution is -2.39. The number of rotatable bonds is 3. The van der Waals surface area contributed by atoms with Crippen LogP contribution in [0.5, 0.6) is 0 Å². The van der Waals surface area contributed by atoms with Crippen LogP contribution in [0.4, 0.5) is 4.39 Å². The molecule has 26 heavy (non-hydrogen) atoms. The second-order valence-corrected chi connectivity index (χ2v) is 7.74. The molecule has 2 aromatic rings. The number of halogens is 1. The quantitative estimate of drug-likeness (QED) is 0.838. The summed E-state index contributed by atoms with van der Waals surface area (Å²) in [6, 6.07) is 6.50. The molecule has 0 saturated carbocycles. The Kier molecular flexibility index (Phi) is 4.79. The van der Waals surface area contributed by atoms with Gasteiger partial charge in [0.1, 0.15) is 11.6 Å². The molecule has 1 aromatic carbocycles. The van der Waals surface area contributed by atoms with E-state index in [1.807, 2.05) is 4.90 Å². The van der Waals surface area contributed by atoms with Gasteiger partial charge in [-0.25, -0.2) is 4.39 Å². The van der Waals surface area contributed by atoms with Gasteiger partial charge in [0.05, 0.1) is 12.1 Å². The third-order valence-corrected chi connectivity index (χ3v) is 5.84. The second-order valence-electron chi connectivity index (χ2n) is 7.74. The van der Waals surface area contributed by atoms with Crippen molar-refractivity contribution in [2.75, 3.05) is 13.1 Å². The second kappa shape index (κ2) is 7.22. The zero-order valence-corrected chi connectivity index (χ0v) is 15.2. The standard InChI is InChI=1S/C21H25FN2O2/c1-14-6-7-19-17(12-14)21(26-23-19)15-8-10-24(11-9-15)20(25)13-16-4-2-3-5-18(16)22/h2-5,14-15H,6-13H2,1H3/t14-/m1/s1. The van der Waals surface area contributed by atoms with E-state index >= 15 is 0 Å². The first-order valence-electron chi connectivity index (χ1n) is 9.60. The molecule has 5 heteroatoms. The summed E-state index contributed by atoms with van der Waals surface area (Å²) in [5.41, 5.74) is 2.92. The third-order valence-electron chi connectivity index (χ3n) is 5.84. The molecule has 2 aliphatic rings. The summed E-state index contributed by atoms with van der Waals surface area (Å²) in [7, 11) is 0. The Morgan fingerprint density at radius 1 is 1.27 bits per heavy atom. The lowest BCUT2D eigenvalue weighted by atomic mass is 9.83. The molecule has 1 atom stereocenters. The zero-order chi connectivity index (χ0) is 18.1. The summed E-state index contributed by atoms with van der Waals surface area (Å²) < 4.78 is 19.5. The van der Waals surface area contributed by atoms with Crippen LogP contribution in [0.3, 0.4) is 0 Å². The molecule has 1 aliphatic heterocycles. The molecule has 1 aromatic heterocycles. The number of hydrogen-bond acceptors (Lipinski definition) is 3. The average molecular weight is 356 g/mol. The first-order chi connectivity index (χ1) is 12.6. The highest BCUT2D eigenvalue weighted by Crippen LogP contribution is 2.36. The minimum absolute atomic E-state index is 0.00164. The summed E-state index contributed by atoms with van der Waals surface area (Å²) >= 11 is 0. The highest BCUT2D eigenvalue weighted by molar-refractivity contribution is 5.79. The fourth-order valence-electron chi connectivity index (χ4n) is 4.23. The highest BCUT2D eigenvalue weighted by atomic mass is 19.1. The van der Waals surface area contributed by atoms with Crippen molar-refractivity contribution in [3.05, 3.63) is 52.7 Å². The monoisotopic (exact) mass is 356 g/mol. The number of likely N-dealkylation sites (tertiary alicyclic amines) is 1. The zero-order valence-electron chi connectivity index (χ0n) is 15.2. The van der Waals surface area contributed by atoms with E-state index in [2.05, 4.69) is 12.1 Å². The number of carbonyl (C=O) groups excluding carboxylic acids is 1. The molecule has 1 aliphatic carbocycles. The minimum Gasteiger partial charge on any atom is -0.361 e. The van der Waals surface area contributed by atoms with Gasteiger partial charge in [-0.15, -0.1) is 0 Å². The maximum Gasteiger partial charge on any atom is 0.227 e. The van der Waals surface area contributed by atoms with Gasteiger partial charge in [0.2, 0.25) is 5.91 Å². The molecule has 4 rings (SSSR count). The number of fused-ring (bicyclic) bond motifs is 1. The molecule has 1 fully saturated rings. The number of aryl methyl sites for hydroxylation is 1. The van der Waals surface area contributed by atoms with Gasteiger partial charge < -0.3 is 9.42 Å². The summed E-state index contributed by atoms with van der Waals surface area (Å²) in [5, 5.41) is 4.29. The van der Waals surface area contributed by atoms with Crippen LogP contribution >= 0.6 is 0 Å². The number of nitrogens with zero attached hydrogens (tertiary/aromatic N) is 2. The fourth-order valence-corrected chi connectivity index (χ4v) is 4.23. The molecule has 0 bridgehead atoms. The van der Waals surface area contributed by atoms with Gasteiger partial charge in [-0.2, -0.15) is 0 Å². The van der Waals surface area contributed by atoms with E-state index in [9.17, 15) is 9.18 Å². The maximum absolute atomic E-state index is 13.8. The van der Waals surface area contributed by atoms with Crippen LogP contribution in [0.1, 0.15) is 54.7 Å². The molecule has 0 N–H and O–H groups in total. The molecular weight excluding hydrogens is 331 g/mol. The molecule has 1 amide bonds. The van der Waals surface area contributed by atoms with Crippen LogP contribution in [-0.2, 0) is 24.1 Å². The average Bonchev–Trinajstić information content (AvgIpc) is 3.06. The third kappa shape index (κ3) is 3.39. The van der Waals surface area contributed by atoms with Crippen molar-refractivity contribution in [3.8, 4) is 0 Å². The Morgan fingerprint density at radius 3 is 2.81 bits per heavy atom. The minimum atomic E-state index is -0.307. The number of benzene rings is 1. The first-order valence-corrected chi connectivity index (χ1v) is 9.60. The summed E-state index contributed by atoms with van der Waals surface area (Å²) in [6.07, 6.45) is 5.16. The van der Waals surface area contributed by atoms with Crippen molar-refractivity contribution in [1.29, 1.82) is 0 Å². The van der Waals surface area contributed by atoms with Crippen molar-refractivity contribution in [3.63, 3.8) is 0 Å². The van der Waals surface area contributed by atoms with Crippen molar-refractivity contribution in [2.45, 2.75) is 51.4 Å². The van der Waals surface area contributed by atoms with Gasteiger partial charge in [0.25, 0.3) is 0 Å². The van der Waals surface area contributed by atoms with Crippen LogP contribution in [0.15, 0.2) is 28.8 Å². The van der Waals surface area contributed by atoms with Crippen molar-refractivity contribution in [2.24, 2.45) is 5.92 Å². The smallest absolute Gasteiger partial charge is 0.227 e. The predicted octanol–water partition coefficient (Wildman–Crippen LogP) is 3.89. The molecular formula is C21H25FN2O2. The number of aromatic nitrogens is 1. The van der Waals surface area contributed by atoms with Crippen LogP contribution in [0, 0.1) is 11.7 Å². The molecule has 4 nitrogen and oxygen atoms in total. The molecule has 0 radical (unpaired) electrons. The van der Waals surface area contributed by atoms with E-state index in [1.54, 1.807) is 18.2 Å². The van der Waals surface area contributed by atoms with E-state index in [-0.39, 0.29) is 18.1 Å². The summed E-state index contributed by atoms with van der Waals surface area (Å²) in [6.45, 7) is 3.68. The van der Waals surface area contributed by atoms with Gasteiger partial charge in [0.15, 0.2) is 0 Å². The molecule has 0 spiro atoms. The highest BCUT2D eigenvalue weighted by Gasteiger charge is 2.31. The number of piperidine rings is 1. The van der Waals surface area contributed by atoms with E-state index in [0.29, 0.717) is 30.5 Å². The van der Waals surface area contributed by atoms with Crippen LogP contribution < -0.4 is 0 Å². The Morgan fingerprint density at radius 2 is 2.04 bits per heavy atom. The van der Waals surface area contributed by atoms with Gasteiger partial charge >= 0.3 is 0 Å². The van der Waals surface area contributed by atoms with Gasteiger partial charge in [-0.05, 0) is 49.7 Å². The van der Waals surface area contributed by atoms with Gasteiger partial charge in [-0.3, -0.25) is 4.79 Å². The molecule has 138 valence electrons. The maximum atomic E-state index is 13.8. The topological polar surface area (TPSA) is 46.3 Å². The van der Waals surface area contributed by atoms with Crippen molar-refractivity contribution in [1.82, 2.24) is 10.1 Å². The van der Waals surface area contributed by atoms with E-state index in [4.69, 9.17) is 4.52 Å². The summed E-state index contributed by atoms with van der Waals surface area (Å²) in [4.78, 5) is 14.4. The molecule has 1 saturated heterocycles. The predicted molar refractivity (Wildman–Crippen MR) is 96.4 cm³/mol. The number of amides is 1. The van der Waals surface area contributed by atoms with Gasteiger partial charge in [0, 0.05) is 24.6 Å². The SMILES string of the molecule is C[C@@H]1CCc2noc(C3CCN(C(=O)Cc4ccccc4F)CC3)c2C1.